The Morgan fingerprint density at radius 1 is 1.19 bits per heavy atom. The van der Waals surface area contributed by atoms with E-state index in [0.717, 1.165) is 11.1 Å². The highest BCUT2D eigenvalue weighted by atomic mass is 16.3. The molecule has 3 N–H and O–H groups in total. The highest BCUT2D eigenvalue weighted by Crippen LogP contribution is 2.15. The van der Waals surface area contributed by atoms with Crippen LogP contribution in [0.15, 0.2) is 54.9 Å². The SMILES string of the molecule is O=C(NCc1cccnc1)N[C@H](CCO)c1ccccc1. The van der Waals surface area contributed by atoms with Crippen molar-refractivity contribution in [3.05, 3.63) is 66.0 Å². The normalized spacial score (nSPS) is 11.7. The first kappa shape index (κ1) is 15.0. The van der Waals surface area contributed by atoms with E-state index in [0.29, 0.717) is 13.0 Å². The van der Waals surface area contributed by atoms with Crippen LogP contribution in [0.4, 0.5) is 4.79 Å². The molecule has 1 atom stereocenters. The number of pyridine rings is 1. The molecule has 2 aromatic rings. The van der Waals surface area contributed by atoms with Crippen molar-refractivity contribution in [3.8, 4) is 0 Å². The maximum absolute atomic E-state index is 12.0. The zero-order valence-electron chi connectivity index (χ0n) is 11.7. The van der Waals surface area contributed by atoms with Crippen molar-refractivity contribution in [1.82, 2.24) is 15.6 Å². The summed E-state index contributed by atoms with van der Waals surface area (Å²) < 4.78 is 0. The van der Waals surface area contributed by atoms with E-state index >= 15 is 0 Å². The molecule has 0 aliphatic heterocycles. The van der Waals surface area contributed by atoms with Gasteiger partial charge in [-0.1, -0.05) is 36.4 Å². The van der Waals surface area contributed by atoms with Gasteiger partial charge in [0.25, 0.3) is 0 Å². The average Bonchev–Trinajstić information content (AvgIpc) is 2.54. The fraction of sp³-hybridized carbons (Fsp3) is 0.250. The molecule has 2 amide bonds. The number of aromatic nitrogens is 1. The molecule has 21 heavy (non-hydrogen) atoms. The lowest BCUT2D eigenvalue weighted by molar-refractivity contribution is 0.229. The Labute approximate surface area is 124 Å². The van der Waals surface area contributed by atoms with E-state index in [2.05, 4.69) is 15.6 Å². The summed E-state index contributed by atoms with van der Waals surface area (Å²) in [5.74, 6) is 0. The zero-order chi connectivity index (χ0) is 14.9. The lowest BCUT2D eigenvalue weighted by Crippen LogP contribution is -2.38. The number of aliphatic hydroxyl groups is 1. The van der Waals surface area contributed by atoms with Crippen LogP contribution < -0.4 is 10.6 Å². The zero-order valence-corrected chi connectivity index (χ0v) is 11.7. The van der Waals surface area contributed by atoms with Gasteiger partial charge in [-0.05, 0) is 23.6 Å². The second-order valence-electron chi connectivity index (χ2n) is 4.66. The molecule has 110 valence electrons. The third kappa shape index (κ3) is 4.89. The van der Waals surface area contributed by atoms with Crippen LogP contribution in [0.25, 0.3) is 0 Å². The minimum absolute atomic E-state index is 0.0163. The van der Waals surface area contributed by atoms with Gasteiger partial charge in [-0.2, -0.15) is 0 Å². The van der Waals surface area contributed by atoms with Gasteiger partial charge in [-0.25, -0.2) is 4.79 Å². The van der Waals surface area contributed by atoms with Crippen molar-refractivity contribution in [2.75, 3.05) is 6.61 Å². The monoisotopic (exact) mass is 285 g/mol. The van der Waals surface area contributed by atoms with Crippen molar-refractivity contribution < 1.29 is 9.90 Å². The van der Waals surface area contributed by atoms with E-state index in [1.165, 1.54) is 0 Å². The summed E-state index contributed by atoms with van der Waals surface area (Å²) in [7, 11) is 0. The van der Waals surface area contributed by atoms with Crippen LogP contribution in [-0.2, 0) is 6.54 Å². The number of nitrogens with one attached hydrogen (secondary N) is 2. The number of rotatable bonds is 6. The predicted octanol–water partition coefficient (Wildman–Crippen LogP) is 2.00. The maximum atomic E-state index is 12.0. The number of nitrogens with zero attached hydrogens (tertiary/aromatic N) is 1. The number of aliphatic hydroxyl groups excluding tert-OH is 1. The smallest absolute Gasteiger partial charge is 0.315 e. The third-order valence-corrected chi connectivity index (χ3v) is 3.10. The van der Waals surface area contributed by atoms with Gasteiger partial charge in [0.1, 0.15) is 0 Å². The highest BCUT2D eigenvalue weighted by Gasteiger charge is 2.13. The molecular formula is C16H19N3O2. The molecule has 0 spiro atoms. The first-order valence-electron chi connectivity index (χ1n) is 6.88. The van der Waals surface area contributed by atoms with Crippen molar-refractivity contribution in [1.29, 1.82) is 0 Å². The minimum Gasteiger partial charge on any atom is -0.396 e. The van der Waals surface area contributed by atoms with Crippen molar-refractivity contribution in [3.63, 3.8) is 0 Å². The second-order valence-corrected chi connectivity index (χ2v) is 4.66. The Morgan fingerprint density at radius 2 is 2.00 bits per heavy atom. The van der Waals surface area contributed by atoms with Gasteiger partial charge in [0, 0.05) is 25.5 Å². The average molecular weight is 285 g/mol. The molecular weight excluding hydrogens is 266 g/mol. The van der Waals surface area contributed by atoms with Crippen LogP contribution in [0.1, 0.15) is 23.6 Å². The number of hydrogen-bond donors (Lipinski definition) is 3. The number of benzene rings is 1. The van der Waals surface area contributed by atoms with Crippen molar-refractivity contribution in [2.45, 2.75) is 19.0 Å². The molecule has 0 radical (unpaired) electrons. The second kappa shape index (κ2) is 8.01. The third-order valence-electron chi connectivity index (χ3n) is 3.10. The lowest BCUT2D eigenvalue weighted by Gasteiger charge is -2.18. The summed E-state index contributed by atoms with van der Waals surface area (Å²) >= 11 is 0. The van der Waals surface area contributed by atoms with Crippen LogP contribution >= 0.6 is 0 Å². The molecule has 0 fully saturated rings. The van der Waals surface area contributed by atoms with E-state index in [-0.39, 0.29) is 18.7 Å². The lowest BCUT2D eigenvalue weighted by atomic mass is 10.0. The summed E-state index contributed by atoms with van der Waals surface area (Å²) in [6.07, 6.45) is 3.88. The van der Waals surface area contributed by atoms with E-state index in [4.69, 9.17) is 5.11 Å². The summed E-state index contributed by atoms with van der Waals surface area (Å²) in [4.78, 5) is 15.9. The van der Waals surface area contributed by atoms with Crippen LogP contribution in [-0.4, -0.2) is 22.7 Å². The molecule has 5 heteroatoms. The van der Waals surface area contributed by atoms with E-state index < -0.39 is 0 Å². The number of carbonyl (C=O) groups excluding carboxylic acids is 1. The molecule has 0 bridgehead atoms. The van der Waals surface area contributed by atoms with Gasteiger partial charge in [-0.15, -0.1) is 0 Å². The van der Waals surface area contributed by atoms with E-state index in [9.17, 15) is 4.79 Å². The Balaban J connectivity index is 1.89. The topological polar surface area (TPSA) is 74.2 Å². The summed E-state index contributed by atoms with van der Waals surface area (Å²) in [5, 5.41) is 14.8. The van der Waals surface area contributed by atoms with Crippen LogP contribution in [0.5, 0.6) is 0 Å². The summed E-state index contributed by atoms with van der Waals surface area (Å²) in [5.41, 5.74) is 1.91. The van der Waals surface area contributed by atoms with Crippen molar-refractivity contribution >= 4 is 6.03 Å². The van der Waals surface area contributed by atoms with Crippen LogP contribution in [0.3, 0.4) is 0 Å². The largest absolute Gasteiger partial charge is 0.396 e. The van der Waals surface area contributed by atoms with Gasteiger partial charge in [0.2, 0.25) is 0 Å². The van der Waals surface area contributed by atoms with Gasteiger partial charge in [0.05, 0.1) is 6.04 Å². The molecule has 0 unspecified atom stereocenters. The number of amides is 2. The summed E-state index contributed by atoms with van der Waals surface area (Å²) in [6, 6.07) is 12.9. The number of carbonyl (C=O) groups is 1. The molecule has 0 aliphatic carbocycles. The molecule has 1 aromatic heterocycles. The summed E-state index contributed by atoms with van der Waals surface area (Å²) in [6.45, 7) is 0.433. The van der Waals surface area contributed by atoms with Crippen LogP contribution in [0, 0.1) is 0 Å². The van der Waals surface area contributed by atoms with Gasteiger partial charge in [-0.3, -0.25) is 4.98 Å². The number of hydrogen-bond acceptors (Lipinski definition) is 3. The van der Waals surface area contributed by atoms with E-state index in [1.807, 2.05) is 42.5 Å². The molecule has 0 saturated heterocycles. The Bertz CT molecular complexity index is 546. The first-order chi connectivity index (χ1) is 10.3. The predicted molar refractivity (Wildman–Crippen MR) is 80.5 cm³/mol. The quantitative estimate of drug-likeness (QED) is 0.760. The fourth-order valence-electron chi connectivity index (χ4n) is 2.03. The fourth-order valence-corrected chi connectivity index (χ4v) is 2.03. The standard InChI is InChI=1S/C16H19N3O2/c20-10-8-15(14-6-2-1-3-7-14)19-16(21)18-12-13-5-4-9-17-11-13/h1-7,9,11,15,20H,8,10,12H2,(H2,18,19,21)/t15-/m1/s1. The Hall–Kier alpha value is -2.40. The van der Waals surface area contributed by atoms with Crippen LogP contribution in [0.2, 0.25) is 0 Å². The van der Waals surface area contributed by atoms with Gasteiger partial charge < -0.3 is 15.7 Å². The van der Waals surface area contributed by atoms with Crippen molar-refractivity contribution in [2.24, 2.45) is 0 Å². The molecule has 0 saturated carbocycles. The molecule has 5 nitrogen and oxygen atoms in total. The Kier molecular flexibility index (Phi) is 5.72. The molecule has 1 aromatic carbocycles. The highest BCUT2D eigenvalue weighted by molar-refractivity contribution is 5.74. The first-order valence-corrected chi connectivity index (χ1v) is 6.88. The molecule has 2 rings (SSSR count). The van der Waals surface area contributed by atoms with Gasteiger partial charge in [0.15, 0.2) is 0 Å². The number of urea groups is 1. The van der Waals surface area contributed by atoms with E-state index in [1.54, 1.807) is 12.4 Å². The molecule has 1 heterocycles. The molecule has 0 aliphatic rings. The maximum Gasteiger partial charge on any atom is 0.315 e. The van der Waals surface area contributed by atoms with Gasteiger partial charge >= 0.3 is 6.03 Å². The Morgan fingerprint density at radius 3 is 2.67 bits per heavy atom. The minimum atomic E-state index is -0.263.